The summed E-state index contributed by atoms with van der Waals surface area (Å²) in [4.78, 5) is 0. The number of aliphatic hydroxyl groups excluding tert-OH is 3. The first-order valence-corrected chi connectivity index (χ1v) is 4.56. The Labute approximate surface area is 78.6 Å². The summed E-state index contributed by atoms with van der Waals surface area (Å²) in [7, 11) is 0. The molecule has 0 spiro atoms. The SMILES string of the molecule is NC1CCNC1.OCCC(O)CO. The molecule has 0 aromatic rings. The van der Waals surface area contributed by atoms with Crippen LogP contribution < -0.4 is 11.1 Å². The average molecular weight is 192 g/mol. The molecule has 0 amide bonds. The van der Waals surface area contributed by atoms with Crippen molar-refractivity contribution in [2.45, 2.75) is 25.0 Å². The van der Waals surface area contributed by atoms with Gasteiger partial charge >= 0.3 is 0 Å². The number of rotatable bonds is 3. The monoisotopic (exact) mass is 192 g/mol. The highest BCUT2D eigenvalue weighted by Crippen LogP contribution is 1.90. The van der Waals surface area contributed by atoms with E-state index in [1.54, 1.807) is 0 Å². The third-order valence-corrected chi connectivity index (χ3v) is 1.77. The van der Waals surface area contributed by atoms with Gasteiger partial charge in [-0.3, -0.25) is 0 Å². The second-order valence-electron chi connectivity index (χ2n) is 3.10. The van der Waals surface area contributed by atoms with Crippen LogP contribution in [-0.4, -0.2) is 53.8 Å². The summed E-state index contributed by atoms with van der Waals surface area (Å²) in [6, 6.07) is 0.435. The number of hydrogen-bond donors (Lipinski definition) is 5. The van der Waals surface area contributed by atoms with Crippen LogP contribution in [0.25, 0.3) is 0 Å². The molecule has 13 heavy (non-hydrogen) atoms. The van der Waals surface area contributed by atoms with Gasteiger partial charge in [0.05, 0.1) is 12.7 Å². The van der Waals surface area contributed by atoms with E-state index in [4.69, 9.17) is 21.1 Å². The van der Waals surface area contributed by atoms with Crippen molar-refractivity contribution >= 4 is 0 Å². The van der Waals surface area contributed by atoms with Crippen molar-refractivity contribution in [3.63, 3.8) is 0 Å². The van der Waals surface area contributed by atoms with Crippen LogP contribution in [0, 0.1) is 0 Å². The smallest absolute Gasteiger partial charge is 0.0792 e. The lowest BCUT2D eigenvalue weighted by molar-refractivity contribution is 0.0721. The van der Waals surface area contributed by atoms with E-state index in [2.05, 4.69) is 5.32 Å². The van der Waals surface area contributed by atoms with Crippen LogP contribution in [0.3, 0.4) is 0 Å². The standard InChI is InChI=1S/C4H10N2.C4H10O3/c5-4-1-2-6-3-4;5-2-1-4(7)3-6/h4,6H,1-3,5H2;4-7H,1-3H2. The fraction of sp³-hybridized carbons (Fsp3) is 1.00. The van der Waals surface area contributed by atoms with Gasteiger partial charge in [-0.2, -0.15) is 0 Å². The summed E-state index contributed by atoms with van der Waals surface area (Å²) < 4.78 is 0. The number of nitrogens with two attached hydrogens (primary N) is 1. The van der Waals surface area contributed by atoms with Crippen molar-refractivity contribution in [1.82, 2.24) is 5.32 Å². The maximum Gasteiger partial charge on any atom is 0.0792 e. The maximum absolute atomic E-state index is 8.45. The first kappa shape index (κ1) is 12.8. The first-order valence-electron chi connectivity index (χ1n) is 4.56. The van der Waals surface area contributed by atoms with E-state index in [0.717, 1.165) is 19.5 Å². The van der Waals surface area contributed by atoms with Crippen molar-refractivity contribution < 1.29 is 15.3 Å². The third kappa shape index (κ3) is 8.14. The van der Waals surface area contributed by atoms with E-state index in [-0.39, 0.29) is 19.6 Å². The van der Waals surface area contributed by atoms with E-state index in [0.29, 0.717) is 6.04 Å². The molecule has 0 aromatic carbocycles. The van der Waals surface area contributed by atoms with Gasteiger partial charge < -0.3 is 26.4 Å². The molecule has 0 radical (unpaired) electrons. The van der Waals surface area contributed by atoms with E-state index in [9.17, 15) is 0 Å². The van der Waals surface area contributed by atoms with Gasteiger partial charge in [-0.25, -0.2) is 0 Å². The zero-order chi connectivity index (χ0) is 10.1. The molecule has 1 saturated heterocycles. The van der Waals surface area contributed by atoms with Crippen molar-refractivity contribution in [1.29, 1.82) is 0 Å². The Morgan fingerprint density at radius 2 is 2.15 bits per heavy atom. The molecule has 0 aliphatic carbocycles. The predicted octanol–water partition coefficient (Wildman–Crippen LogP) is -1.97. The molecule has 0 saturated carbocycles. The lowest BCUT2D eigenvalue weighted by Gasteiger charge is -2.00. The minimum Gasteiger partial charge on any atom is -0.396 e. The van der Waals surface area contributed by atoms with E-state index in [1.165, 1.54) is 0 Å². The number of nitrogens with one attached hydrogen (secondary N) is 1. The molecule has 5 nitrogen and oxygen atoms in total. The fourth-order valence-electron chi connectivity index (χ4n) is 0.917. The topological polar surface area (TPSA) is 98.7 Å². The van der Waals surface area contributed by atoms with Crippen molar-refractivity contribution in [2.24, 2.45) is 5.73 Å². The predicted molar refractivity (Wildman–Crippen MR) is 50.3 cm³/mol. The van der Waals surface area contributed by atoms with Crippen LogP contribution in [0.5, 0.6) is 0 Å². The highest BCUT2D eigenvalue weighted by molar-refractivity contribution is 4.72. The highest BCUT2D eigenvalue weighted by atomic mass is 16.3. The number of aliphatic hydroxyl groups is 3. The van der Waals surface area contributed by atoms with Gasteiger partial charge in [0.25, 0.3) is 0 Å². The summed E-state index contributed by atoms with van der Waals surface area (Å²) in [5.41, 5.74) is 5.47. The van der Waals surface area contributed by atoms with Gasteiger partial charge in [0.2, 0.25) is 0 Å². The highest BCUT2D eigenvalue weighted by Gasteiger charge is 2.06. The normalized spacial score (nSPS) is 23.5. The first-order chi connectivity index (χ1) is 6.20. The Morgan fingerprint density at radius 3 is 2.31 bits per heavy atom. The molecule has 80 valence electrons. The second kappa shape index (κ2) is 8.40. The molecule has 6 N–H and O–H groups in total. The van der Waals surface area contributed by atoms with Gasteiger partial charge in [-0.15, -0.1) is 0 Å². The third-order valence-electron chi connectivity index (χ3n) is 1.77. The summed E-state index contributed by atoms with van der Waals surface area (Å²) in [6.45, 7) is 1.80. The molecule has 1 heterocycles. The van der Waals surface area contributed by atoms with Crippen LogP contribution in [0.4, 0.5) is 0 Å². The molecular weight excluding hydrogens is 172 g/mol. The maximum atomic E-state index is 8.45. The Kier molecular flexibility index (Phi) is 8.27. The molecule has 5 heteroatoms. The lowest BCUT2D eigenvalue weighted by atomic mass is 10.3. The van der Waals surface area contributed by atoms with E-state index < -0.39 is 6.10 Å². The summed E-state index contributed by atoms with van der Waals surface area (Å²) in [6.07, 6.45) is 0.668. The zero-order valence-electron chi connectivity index (χ0n) is 7.82. The van der Waals surface area contributed by atoms with Crippen LogP contribution in [0.2, 0.25) is 0 Å². The Hall–Kier alpha value is -0.200. The molecular formula is C8H20N2O3. The van der Waals surface area contributed by atoms with Gasteiger partial charge in [-0.1, -0.05) is 0 Å². The summed E-state index contributed by atoms with van der Waals surface area (Å²) in [5, 5.41) is 27.8. The quantitative estimate of drug-likeness (QED) is 0.357. The fourth-order valence-corrected chi connectivity index (χ4v) is 0.917. The van der Waals surface area contributed by atoms with E-state index in [1.807, 2.05) is 0 Å². The lowest BCUT2D eigenvalue weighted by Crippen LogP contribution is -2.21. The summed E-state index contributed by atoms with van der Waals surface area (Å²) in [5.74, 6) is 0. The molecule has 0 bridgehead atoms. The molecule has 0 aromatic heterocycles. The molecule has 1 aliphatic heterocycles. The molecule has 1 rings (SSSR count). The number of hydrogen-bond acceptors (Lipinski definition) is 5. The van der Waals surface area contributed by atoms with Crippen molar-refractivity contribution in [3.05, 3.63) is 0 Å². The van der Waals surface area contributed by atoms with Crippen molar-refractivity contribution in [3.8, 4) is 0 Å². The zero-order valence-corrected chi connectivity index (χ0v) is 7.82. The van der Waals surface area contributed by atoms with E-state index >= 15 is 0 Å². The molecule has 1 fully saturated rings. The van der Waals surface area contributed by atoms with Gasteiger partial charge in [-0.05, 0) is 19.4 Å². The second-order valence-corrected chi connectivity index (χ2v) is 3.10. The largest absolute Gasteiger partial charge is 0.396 e. The van der Waals surface area contributed by atoms with Gasteiger partial charge in [0, 0.05) is 19.2 Å². The summed E-state index contributed by atoms with van der Waals surface area (Å²) >= 11 is 0. The van der Waals surface area contributed by atoms with Crippen LogP contribution in [0.1, 0.15) is 12.8 Å². The molecule has 2 atom stereocenters. The molecule has 1 aliphatic rings. The van der Waals surface area contributed by atoms with Gasteiger partial charge in [0.15, 0.2) is 0 Å². The van der Waals surface area contributed by atoms with Crippen LogP contribution in [-0.2, 0) is 0 Å². The Balaban J connectivity index is 0.000000223. The van der Waals surface area contributed by atoms with Crippen LogP contribution >= 0.6 is 0 Å². The average Bonchev–Trinajstić information content (AvgIpc) is 2.57. The Bertz CT molecular complexity index is 108. The van der Waals surface area contributed by atoms with Crippen molar-refractivity contribution in [2.75, 3.05) is 26.3 Å². The minimum atomic E-state index is -0.745. The van der Waals surface area contributed by atoms with Gasteiger partial charge in [0.1, 0.15) is 0 Å². The van der Waals surface area contributed by atoms with Crippen LogP contribution in [0.15, 0.2) is 0 Å². The Morgan fingerprint density at radius 1 is 1.46 bits per heavy atom. The minimum absolute atomic E-state index is 0.0677. The molecule has 2 unspecified atom stereocenters.